The van der Waals surface area contributed by atoms with E-state index in [0.29, 0.717) is 22.6 Å². The summed E-state index contributed by atoms with van der Waals surface area (Å²) in [6, 6.07) is 13.5. The van der Waals surface area contributed by atoms with Crippen molar-refractivity contribution in [3.63, 3.8) is 0 Å². The third-order valence-electron chi connectivity index (χ3n) is 4.61. The van der Waals surface area contributed by atoms with Crippen molar-refractivity contribution in [1.82, 2.24) is 15.2 Å². The molecule has 0 unspecified atom stereocenters. The minimum atomic E-state index is -0.425. The van der Waals surface area contributed by atoms with Crippen LogP contribution in [0, 0.1) is 0 Å². The maximum Gasteiger partial charge on any atom is 0.341 e. The number of nitrogens with zero attached hydrogens (tertiary/aromatic N) is 2. The van der Waals surface area contributed by atoms with E-state index in [0.717, 1.165) is 38.3 Å². The number of oxazole rings is 1. The van der Waals surface area contributed by atoms with Gasteiger partial charge in [-0.2, -0.15) is 0 Å². The smallest absolute Gasteiger partial charge is 0.341 e. The molecule has 1 fully saturated rings. The van der Waals surface area contributed by atoms with Gasteiger partial charge in [0.25, 0.3) is 0 Å². The van der Waals surface area contributed by atoms with E-state index in [1.165, 1.54) is 12.7 Å². The molecule has 2 heterocycles. The van der Waals surface area contributed by atoms with E-state index < -0.39 is 5.97 Å². The highest BCUT2D eigenvalue weighted by molar-refractivity contribution is 6.01. The van der Waals surface area contributed by atoms with E-state index in [1.807, 2.05) is 18.2 Å². The zero-order chi connectivity index (χ0) is 17.9. The van der Waals surface area contributed by atoms with Gasteiger partial charge in [-0.25, -0.2) is 9.78 Å². The highest BCUT2D eigenvalue weighted by Crippen LogP contribution is 2.27. The number of hydrogen-bond acceptors (Lipinski definition) is 6. The van der Waals surface area contributed by atoms with Gasteiger partial charge < -0.3 is 14.5 Å². The van der Waals surface area contributed by atoms with E-state index in [-0.39, 0.29) is 0 Å². The number of para-hydroxylation sites is 1. The second kappa shape index (κ2) is 7.27. The van der Waals surface area contributed by atoms with Gasteiger partial charge in [0.05, 0.1) is 7.11 Å². The van der Waals surface area contributed by atoms with Crippen LogP contribution in [0.4, 0.5) is 0 Å². The molecule has 0 spiro atoms. The molecule has 0 radical (unpaired) electrons. The topological polar surface area (TPSA) is 67.6 Å². The van der Waals surface area contributed by atoms with Crippen LogP contribution >= 0.6 is 0 Å². The van der Waals surface area contributed by atoms with Crippen LogP contribution in [0.25, 0.3) is 22.6 Å². The lowest BCUT2D eigenvalue weighted by Gasteiger charge is -2.27. The number of methoxy groups -OCH3 is 1. The first-order chi connectivity index (χ1) is 12.7. The molecule has 1 aromatic heterocycles. The third kappa shape index (κ3) is 3.34. The second-order valence-electron chi connectivity index (χ2n) is 6.39. The van der Waals surface area contributed by atoms with E-state index >= 15 is 0 Å². The van der Waals surface area contributed by atoms with Crippen molar-refractivity contribution in [2.75, 3.05) is 33.3 Å². The van der Waals surface area contributed by atoms with Gasteiger partial charge in [-0.05, 0) is 29.8 Å². The highest BCUT2D eigenvalue weighted by Gasteiger charge is 2.17. The van der Waals surface area contributed by atoms with Crippen molar-refractivity contribution in [2.45, 2.75) is 6.54 Å². The number of aromatic nitrogens is 1. The molecule has 1 aliphatic heterocycles. The molecule has 0 aliphatic carbocycles. The van der Waals surface area contributed by atoms with Crippen LogP contribution < -0.4 is 5.32 Å². The molecule has 1 aliphatic rings. The van der Waals surface area contributed by atoms with Gasteiger partial charge in [0, 0.05) is 38.3 Å². The number of carbonyl (C=O) groups excluding carboxylic acids is 1. The summed E-state index contributed by atoms with van der Waals surface area (Å²) in [5, 5.41) is 3.37. The summed E-state index contributed by atoms with van der Waals surface area (Å²) in [6.45, 7) is 5.07. The molecule has 1 N–H and O–H groups in total. The normalized spacial score (nSPS) is 15.3. The number of hydrogen-bond donors (Lipinski definition) is 1. The quantitative estimate of drug-likeness (QED) is 0.729. The Bertz CT molecular complexity index is 929. The van der Waals surface area contributed by atoms with E-state index in [9.17, 15) is 4.79 Å². The second-order valence-corrected chi connectivity index (χ2v) is 6.39. The molecule has 6 nitrogen and oxygen atoms in total. The van der Waals surface area contributed by atoms with E-state index in [2.05, 4.69) is 27.3 Å². The number of esters is 1. The number of nitrogens with one attached hydrogen (secondary N) is 1. The number of fused-ring (bicyclic) bond motifs is 1. The lowest BCUT2D eigenvalue weighted by molar-refractivity contribution is 0.0602. The van der Waals surface area contributed by atoms with Gasteiger partial charge in [0.15, 0.2) is 5.58 Å². The lowest BCUT2D eigenvalue weighted by atomic mass is 10.1. The van der Waals surface area contributed by atoms with Crippen LogP contribution in [0.15, 0.2) is 46.9 Å². The fourth-order valence-corrected chi connectivity index (χ4v) is 3.27. The van der Waals surface area contributed by atoms with Crippen molar-refractivity contribution in [3.05, 3.63) is 53.6 Å². The Kier molecular flexibility index (Phi) is 4.69. The maximum atomic E-state index is 11.9. The fourth-order valence-electron chi connectivity index (χ4n) is 3.27. The zero-order valence-electron chi connectivity index (χ0n) is 14.7. The van der Waals surface area contributed by atoms with Gasteiger partial charge in [-0.15, -0.1) is 0 Å². The average molecular weight is 351 g/mol. The first kappa shape index (κ1) is 16.8. The molecule has 4 rings (SSSR count). The van der Waals surface area contributed by atoms with Crippen LogP contribution in [-0.2, 0) is 11.3 Å². The molecule has 3 aromatic rings. The molecule has 134 valence electrons. The van der Waals surface area contributed by atoms with Gasteiger partial charge in [0.2, 0.25) is 5.89 Å². The van der Waals surface area contributed by atoms with Crippen LogP contribution in [0.3, 0.4) is 0 Å². The predicted molar refractivity (Wildman–Crippen MR) is 98.9 cm³/mol. The Morgan fingerprint density at radius 2 is 2.04 bits per heavy atom. The minimum absolute atomic E-state index is 0.390. The predicted octanol–water partition coefficient (Wildman–Crippen LogP) is 2.69. The Balaban J connectivity index is 1.65. The van der Waals surface area contributed by atoms with Crippen molar-refractivity contribution < 1.29 is 13.9 Å². The standard InChI is InChI=1S/C20H21N3O3/c1-25-20(24)16-6-3-7-17-18(16)26-19(22-17)15-5-2-4-14(12-15)13-23-10-8-21-9-11-23/h2-7,12,21H,8-11,13H2,1H3. The van der Waals surface area contributed by atoms with Crippen LogP contribution in [0.5, 0.6) is 0 Å². The monoisotopic (exact) mass is 351 g/mol. The van der Waals surface area contributed by atoms with E-state index in [4.69, 9.17) is 9.15 Å². The summed E-state index contributed by atoms with van der Waals surface area (Å²) in [5.41, 5.74) is 3.63. The Labute approximate surface area is 151 Å². The summed E-state index contributed by atoms with van der Waals surface area (Å²) in [5.74, 6) is 0.0873. The molecule has 0 saturated carbocycles. The summed E-state index contributed by atoms with van der Waals surface area (Å²) < 4.78 is 10.7. The van der Waals surface area contributed by atoms with E-state index in [1.54, 1.807) is 12.1 Å². The Morgan fingerprint density at radius 3 is 2.85 bits per heavy atom. The summed E-state index contributed by atoms with van der Waals surface area (Å²) in [7, 11) is 1.36. The number of piperazine rings is 1. The van der Waals surface area contributed by atoms with Crippen molar-refractivity contribution in [3.8, 4) is 11.5 Å². The van der Waals surface area contributed by atoms with Crippen molar-refractivity contribution in [1.29, 1.82) is 0 Å². The molecule has 2 aromatic carbocycles. The molecule has 0 atom stereocenters. The molecule has 6 heteroatoms. The molecule has 0 bridgehead atoms. The third-order valence-corrected chi connectivity index (χ3v) is 4.61. The van der Waals surface area contributed by atoms with Crippen LogP contribution in [0.1, 0.15) is 15.9 Å². The van der Waals surface area contributed by atoms with Crippen LogP contribution in [0.2, 0.25) is 0 Å². The molecular weight excluding hydrogens is 330 g/mol. The van der Waals surface area contributed by atoms with Crippen LogP contribution in [-0.4, -0.2) is 49.1 Å². The first-order valence-corrected chi connectivity index (χ1v) is 8.75. The number of rotatable bonds is 4. The maximum absolute atomic E-state index is 11.9. The lowest BCUT2D eigenvalue weighted by Crippen LogP contribution is -2.42. The molecule has 1 saturated heterocycles. The number of ether oxygens (including phenoxy) is 1. The van der Waals surface area contributed by atoms with Crippen molar-refractivity contribution in [2.24, 2.45) is 0 Å². The Morgan fingerprint density at radius 1 is 1.23 bits per heavy atom. The highest BCUT2D eigenvalue weighted by atomic mass is 16.5. The average Bonchev–Trinajstić information content (AvgIpc) is 3.13. The van der Waals surface area contributed by atoms with Gasteiger partial charge in [0.1, 0.15) is 11.1 Å². The SMILES string of the molecule is COC(=O)c1cccc2nc(-c3cccc(CN4CCNCC4)c3)oc12. The molecular formula is C20H21N3O3. The summed E-state index contributed by atoms with van der Waals surface area (Å²) in [4.78, 5) is 18.9. The summed E-state index contributed by atoms with van der Waals surface area (Å²) >= 11 is 0. The number of benzene rings is 2. The molecule has 26 heavy (non-hydrogen) atoms. The van der Waals surface area contributed by atoms with Gasteiger partial charge in [-0.3, -0.25) is 4.90 Å². The summed E-state index contributed by atoms with van der Waals surface area (Å²) in [6.07, 6.45) is 0. The fraction of sp³-hybridized carbons (Fsp3) is 0.300. The Hall–Kier alpha value is -2.70. The van der Waals surface area contributed by atoms with Crippen molar-refractivity contribution >= 4 is 17.1 Å². The molecule has 0 amide bonds. The number of carbonyl (C=O) groups is 1. The minimum Gasteiger partial charge on any atom is -0.465 e. The van der Waals surface area contributed by atoms with Gasteiger partial charge >= 0.3 is 5.97 Å². The first-order valence-electron chi connectivity index (χ1n) is 8.75. The largest absolute Gasteiger partial charge is 0.465 e. The van der Waals surface area contributed by atoms with Gasteiger partial charge in [-0.1, -0.05) is 18.2 Å². The zero-order valence-corrected chi connectivity index (χ0v) is 14.7.